The highest BCUT2D eigenvalue weighted by atomic mass is 32.2. The standard InChI is InChI=1S/C7H17N3O2S/c1-2-9-13(11,12)10-5-3-4-7(8)6-10/h7,9H,2-6,8H2,1H3. The van der Waals surface area contributed by atoms with Crippen LogP contribution in [0.2, 0.25) is 0 Å². The van der Waals surface area contributed by atoms with Crippen molar-refractivity contribution in [3.05, 3.63) is 0 Å². The summed E-state index contributed by atoms with van der Waals surface area (Å²) in [5, 5.41) is 0. The third-order valence-electron chi connectivity index (χ3n) is 2.09. The fourth-order valence-corrected chi connectivity index (χ4v) is 2.77. The van der Waals surface area contributed by atoms with E-state index in [2.05, 4.69) is 4.72 Å². The number of rotatable bonds is 3. The summed E-state index contributed by atoms with van der Waals surface area (Å²) >= 11 is 0. The summed E-state index contributed by atoms with van der Waals surface area (Å²) in [5.41, 5.74) is 5.68. The fraction of sp³-hybridized carbons (Fsp3) is 1.00. The lowest BCUT2D eigenvalue weighted by molar-refractivity contribution is 0.312. The molecule has 1 saturated heterocycles. The van der Waals surface area contributed by atoms with E-state index in [0.717, 1.165) is 12.8 Å². The average molecular weight is 207 g/mol. The highest BCUT2D eigenvalue weighted by Crippen LogP contribution is 2.10. The van der Waals surface area contributed by atoms with E-state index in [-0.39, 0.29) is 6.04 Å². The van der Waals surface area contributed by atoms with Gasteiger partial charge in [-0.15, -0.1) is 0 Å². The molecule has 0 aromatic rings. The molecule has 0 amide bonds. The van der Waals surface area contributed by atoms with Crippen molar-refractivity contribution < 1.29 is 8.42 Å². The minimum atomic E-state index is -3.26. The lowest BCUT2D eigenvalue weighted by Crippen LogP contribution is -2.49. The van der Waals surface area contributed by atoms with E-state index in [1.807, 2.05) is 0 Å². The molecule has 5 nitrogen and oxygen atoms in total. The van der Waals surface area contributed by atoms with Gasteiger partial charge in [0.05, 0.1) is 0 Å². The zero-order chi connectivity index (χ0) is 9.90. The lowest BCUT2D eigenvalue weighted by atomic mass is 10.1. The largest absolute Gasteiger partial charge is 0.327 e. The molecule has 1 aliphatic heterocycles. The summed E-state index contributed by atoms with van der Waals surface area (Å²) < 4.78 is 26.9. The molecule has 0 aromatic carbocycles. The number of nitrogens with two attached hydrogens (primary N) is 1. The zero-order valence-corrected chi connectivity index (χ0v) is 8.68. The molecule has 1 heterocycles. The van der Waals surface area contributed by atoms with Crippen molar-refractivity contribution in [2.45, 2.75) is 25.8 Å². The first kappa shape index (κ1) is 10.9. The number of hydrogen-bond acceptors (Lipinski definition) is 3. The van der Waals surface area contributed by atoms with Crippen LogP contribution in [0.3, 0.4) is 0 Å². The lowest BCUT2D eigenvalue weighted by Gasteiger charge is -2.29. The monoisotopic (exact) mass is 207 g/mol. The van der Waals surface area contributed by atoms with Crippen molar-refractivity contribution >= 4 is 10.2 Å². The summed E-state index contributed by atoms with van der Waals surface area (Å²) in [5.74, 6) is 0. The SMILES string of the molecule is CCNS(=O)(=O)N1CCCC(N)C1. The van der Waals surface area contributed by atoms with Gasteiger partial charge in [0, 0.05) is 25.7 Å². The van der Waals surface area contributed by atoms with Crippen molar-refractivity contribution in [1.29, 1.82) is 0 Å². The Labute approximate surface area is 79.5 Å². The first-order chi connectivity index (χ1) is 6.06. The molecule has 6 heteroatoms. The van der Waals surface area contributed by atoms with Crippen LogP contribution in [0, 0.1) is 0 Å². The Hall–Kier alpha value is -0.170. The molecule has 1 unspecified atom stereocenters. The van der Waals surface area contributed by atoms with Gasteiger partial charge >= 0.3 is 0 Å². The van der Waals surface area contributed by atoms with Gasteiger partial charge in [-0.2, -0.15) is 12.7 Å². The van der Waals surface area contributed by atoms with Gasteiger partial charge in [0.1, 0.15) is 0 Å². The Morgan fingerprint density at radius 3 is 2.85 bits per heavy atom. The smallest absolute Gasteiger partial charge is 0.279 e. The van der Waals surface area contributed by atoms with Crippen molar-refractivity contribution in [3.63, 3.8) is 0 Å². The van der Waals surface area contributed by atoms with Gasteiger partial charge in [-0.05, 0) is 12.8 Å². The van der Waals surface area contributed by atoms with E-state index < -0.39 is 10.2 Å². The molecule has 3 N–H and O–H groups in total. The summed E-state index contributed by atoms with van der Waals surface area (Å²) in [6.45, 7) is 3.22. The maximum Gasteiger partial charge on any atom is 0.279 e. The van der Waals surface area contributed by atoms with Crippen molar-refractivity contribution in [3.8, 4) is 0 Å². The summed E-state index contributed by atoms with van der Waals surface area (Å²) in [6.07, 6.45) is 1.77. The summed E-state index contributed by atoms with van der Waals surface area (Å²) in [7, 11) is -3.26. The summed E-state index contributed by atoms with van der Waals surface area (Å²) in [4.78, 5) is 0. The molecule has 0 saturated carbocycles. The summed E-state index contributed by atoms with van der Waals surface area (Å²) in [6, 6.07) is -0.0119. The van der Waals surface area contributed by atoms with Gasteiger partial charge < -0.3 is 5.73 Å². The number of nitrogens with zero attached hydrogens (tertiary/aromatic N) is 1. The van der Waals surface area contributed by atoms with Crippen molar-refractivity contribution in [1.82, 2.24) is 9.03 Å². The second-order valence-corrected chi connectivity index (χ2v) is 5.02. The maximum atomic E-state index is 11.5. The molecule has 0 spiro atoms. The molecular weight excluding hydrogens is 190 g/mol. The van der Waals surface area contributed by atoms with Crippen LogP contribution < -0.4 is 10.5 Å². The topological polar surface area (TPSA) is 75.4 Å². The third kappa shape index (κ3) is 2.91. The molecule has 13 heavy (non-hydrogen) atoms. The van der Waals surface area contributed by atoms with E-state index in [1.165, 1.54) is 4.31 Å². The van der Waals surface area contributed by atoms with Gasteiger partial charge in [-0.1, -0.05) is 6.92 Å². The highest BCUT2D eigenvalue weighted by Gasteiger charge is 2.26. The van der Waals surface area contributed by atoms with Crippen LogP contribution in [0.15, 0.2) is 0 Å². The number of nitrogens with one attached hydrogen (secondary N) is 1. The van der Waals surface area contributed by atoms with Gasteiger partial charge in [0.15, 0.2) is 0 Å². The molecule has 1 atom stereocenters. The van der Waals surface area contributed by atoms with Gasteiger partial charge in [-0.3, -0.25) is 0 Å². The predicted molar refractivity (Wildman–Crippen MR) is 51.4 cm³/mol. The highest BCUT2D eigenvalue weighted by molar-refractivity contribution is 7.87. The molecule has 0 bridgehead atoms. The molecular formula is C7H17N3O2S. The second-order valence-electron chi connectivity index (χ2n) is 3.26. The molecule has 1 rings (SSSR count). The number of hydrogen-bond donors (Lipinski definition) is 2. The minimum absolute atomic E-state index is 0.0119. The van der Waals surface area contributed by atoms with E-state index in [4.69, 9.17) is 5.73 Å². The Bertz CT molecular complexity index is 252. The van der Waals surface area contributed by atoms with E-state index in [9.17, 15) is 8.42 Å². The third-order valence-corrected chi connectivity index (χ3v) is 3.75. The fourth-order valence-electron chi connectivity index (χ4n) is 1.47. The van der Waals surface area contributed by atoms with E-state index >= 15 is 0 Å². The van der Waals surface area contributed by atoms with E-state index in [0.29, 0.717) is 19.6 Å². The van der Waals surface area contributed by atoms with Crippen LogP contribution in [0.1, 0.15) is 19.8 Å². The average Bonchev–Trinajstić information content (AvgIpc) is 2.04. The van der Waals surface area contributed by atoms with Crippen molar-refractivity contribution in [2.75, 3.05) is 19.6 Å². The van der Waals surface area contributed by atoms with Crippen LogP contribution >= 0.6 is 0 Å². The minimum Gasteiger partial charge on any atom is -0.327 e. The van der Waals surface area contributed by atoms with Crippen LogP contribution in [-0.2, 0) is 10.2 Å². The van der Waals surface area contributed by atoms with Crippen LogP contribution in [0.5, 0.6) is 0 Å². The first-order valence-corrected chi connectivity index (χ1v) is 6.00. The quantitative estimate of drug-likeness (QED) is 0.640. The van der Waals surface area contributed by atoms with Crippen LogP contribution in [-0.4, -0.2) is 38.4 Å². The maximum absolute atomic E-state index is 11.5. The number of piperidine rings is 1. The Morgan fingerprint density at radius 2 is 2.31 bits per heavy atom. The predicted octanol–water partition coefficient (Wildman–Crippen LogP) is -0.736. The molecule has 1 aliphatic rings. The van der Waals surface area contributed by atoms with Crippen LogP contribution in [0.25, 0.3) is 0 Å². The zero-order valence-electron chi connectivity index (χ0n) is 7.86. The van der Waals surface area contributed by atoms with Crippen molar-refractivity contribution in [2.24, 2.45) is 5.73 Å². The molecule has 78 valence electrons. The van der Waals surface area contributed by atoms with Gasteiger partial charge in [0.2, 0.25) is 0 Å². The first-order valence-electron chi connectivity index (χ1n) is 4.56. The van der Waals surface area contributed by atoms with Gasteiger partial charge in [0.25, 0.3) is 10.2 Å². The Balaban J connectivity index is 2.60. The Morgan fingerprint density at radius 1 is 1.62 bits per heavy atom. The normalized spacial score (nSPS) is 26.2. The van der Waals surface area contributed by atoms with Crippen LogP contribution in [0.4, 0.5) is 0 Å². The van der Waals surface area contributed by atoms with E-state index in [1.54, 1.807) is 6.92 Å². The molecule has 1 fully saturated rings. The molecule has 0 radical (unpaired) electrons. The Kier molecular flexibility index (Phi) is 3.66. The molecule has 0 aliphatic carbocycles. The molecule has 0 aromatic heterocycles. The second kappa shape index (κ2) is 4.36. The van der Waals surface area contributed by atoms with Gasteiger partial charge in [-0.25, -0.2) is 4.72 Å².